The van der Waals surface area contributed by atoms with Gasteiger partial charge in [-0.15, -0.1) is 0 Å². The zero-order valence-electron chi connectivity index (χ0n) is 22.7. The molecule has 0 amide bonds. The standard InChI is InChI=1S/C28H33Cl2F2N5O3/c1-15(2)37-21(12-36-9-4-8-28(31,32)14-36)16(3)26(39)18-6-5-17(23(30)25(18)37)24-19(29)11-33-27(35-24)34-20-7-10-40-13-22(20)38/h5-6,11,15,20,22,38H,4,7-10,12-14H2,1-3H3,(H,33,34,35)/t20-,22-/m1/s1. The van der Waals surface area contributed by atoms with Crippen molar-refractivity contribution in [2.24, 2.45) is 0 Å². The number of rotatable bonds is 6. The summed E-state index contributed by atoms with van der Waals surface area (Å²) >= 11 is 13.6. The first-order valence-electron chi connectivity index (χ1n) is 13.5. The monoisotopic (exact) mass is 595 g/mol. The molecule has 2 saturated heterocycles. The normalized spacial score (nSPS) is 21.7. The third-order valence-electron chi connectivity index (χ3n) is 7.67. The van der Waals surface area contributed by atoms with Crippen molar-refractivity contribution in [2.75, 3.05) is 31.6 Å². The average Bonchev–Trinajstić information content (AvgIpc) is 2.89. The Morgan fingerprint density at radius 1 is 1.30 bits per heavy atom. The van der Waals surface area contributed by atoms with Gasteiger partial charge in [0.15, 0.2) is 5.43 Å². The van der Waals surface area contributed by atoms with Gasteiger partial charge in [-0.05, 0) is 46.2 Å². The van der Waals surface area contributed by atoms with Crippen LogP contribution in [0.25, 0.3) is 22.2 Å². The van der Waals surface area contributed by atoms with E-state index in [1.807, 2.05) is 18.4 Å². The Morgan fingerprint density at radius 3 is 2.77 bits per heavy atom. The van der Waals surface area contributed by atoms with E-state index < -0.39 is 12.0 Å². The summed E-state index contributed by atoms with van der Waals surface area (Å²) in [6.07, 6.45) is 1.61. The molecule has 5 rings (SSSR count). The van der Waals surface area contributed by atoms with Crippen LogP contribution in [0.3, 0.4) is 0 Å². The number of halogens is 4. The molecule has 2 aliphatic rings. The molecule has 0 aliphatic carbocycles. The summed E-state index contributed by atoms with van der Waals surface area (Å²) in [6.45, 7) is 6.80. The Labute approximate surface area is 241 Å². The number of benzene rings is 1. The number of fused-ring (bicyclic) bond motifs is 1. The lowest BCUT2D eigenvalue weighted by molar-refractivity contribution is -0.0666. The maximum absolute atomic E-state index is 14.2. The summed E-state index contributed by atoms with van der Waals surface area (Å²) < 4.78 is 35.7. The minimum atomic E-state index is -2.76. The predicted octanol–water partition coefficient (Wildman–Crippen LogP) is 5.45. The van der Waals surface area contributed by atoms with E-state index in [1.54, 1.807) is 24.0 Å². The van der Waals surface area contributed by atoms with Crippen LogP contribution in [0, 0.1) is 6.92 Å². The first-order valence-corrected chi connectivity index (χ1v) is 14.2. The number of piperidine rings is 1. The number of aliphatic hydroxyl groups is 1. The van der Waals surface area contributed by atoms with Crippen molar-refractivity contribution in [3.05, 3.63) is 49.9 Å². The lowest BCUT2D eigenvalue weighted by Crippen LogP contribution is -2.43. The van der Waals surface area contributed by atoms with Gasteiger partial charge in [0.05, 0.1) is 52.8 Å². The Kier molecular flexibility index (Phi) is 8.37. The number of ether oxygens (including phenoxy) is 1. The van der Waals surface area contributed by atoms with Gasteiger partial charge in [-0.2, -0.15) is 0 Å². The maximum atomic E-state index is 14.2. The first-order chi connectivity index (χ1) is 19.0. The van der Waals surface area contributed by atoms with Crippen molar-refractivity contribution in [2.45, 2.75) is 70.7 Å². The summed E-state index contributed by atoms with van der Waals surface area (Å²) in [4.78, 5) is 24.1. The highest BCUT2D eigenvalue weighted by Gasteiger charge is 2.36. The first kappa shape index (κ1) is 29.1. The van der Waals surface area contributed by atoms with Gasteiger partial charge in [-0.1, -0.05) is 29.3 Å². The minimum Gasteiger partial charge on any atom is -0.389 e. The summed E-state index contributed by atoms with van der Waals surface area (Å²) in [6, 6.07) is 3.01. The van der Waals surface area contributed by atoms with Gasteiger partial charge < -0.3 is 19.7 Å². The van der Waals surface area contributed by atoms with Crippen molar-refractivity contribution >= 4 is 40.1 Å². The van der Waals surface area contributed by atoms with E-state index >= 15 is 0 Å². The largest absolute Gasteiger partial charge is 0.389 e. The molecule has 3 aromatic rings. The van der Waals surface area contributed by atoms with Gasteiger partial charge in [0.1, 0.15) is 0 Å². The number of nitrogens with one attached hydrogen (secondary N) is 1. The zero-order chi connectivity index (χ0) is 28.8. The molecule has 0 spiro atoms. The highest BCUT2D eigenvalue weighted by molar-refractivity contribution is 6.39. The number of hydrogen-bond donors (Lipinski definition) is 2. The number of aromatic nitrogens is 3. The second-order valence-electron chi connectivity index (χ2n) is 10.9. The van der Waals surface area contributed by atoms with Crippen LogP contribution >= 0.6 is 23.2 Å². The molecule has 2 fully saturated rings. The number of likely N-dealkylation sites (tertiary alicyclic amines) is 1. The lowest BCUT2D eigenvalue weighted by Gasteiger charge is -2.34. The Bertz CT molecular complexity index is 1480. The Morgan fingerprint density at radius 2 is 2.08 bits per heavy atom. The fourth-order valence-electron chi connectivity index (χ4n) is 5.66. The highest BCUT2D eigenvalue weighted by Crippen LogP contribution is 2.38. The Balaban J connectivity index is 1.62. The van der Waals surface area contributed by atoms with Crippen LogP contribution in [0.4, 0.5) is 14.7 Å². The predicted molar refractivity (Wildman–Crippen MR) is 153 cm³/mol. The topological polar surface area (TPSA) is 92.5 Å². The molecular weight excluding hydrogens is 563 g/mol. The van der Waals surface area contributed by atoms with Crippen molar-refractivity contribution in [3.63, 3.8) is 0 Å². The number of alkyl halides is 2. The van der Waals surface area contributed by atoms with Gasteiger partial charge in [0.25, 0.3) is 5.92 Å². The molecule has 0 radical (unpaired) electrons. The van der Waals surface area contributed by atoms with Crippen molar-refractivity contribution in [3.8, 4) is 11.3 Å². The molecular formula is C28H33Cl2F2N5O3. The summed E-state index contributed by atoms with van der Waals surface area (Å²) in [5.41, 5.74) is 2.36. The van der Waals surface area contributed by atoms with Gasteiger partial charge >= 0.3 is 0 Å². The smallest absolute Gasteiger partial charge is 0.260 e. The second-order valence-corrected chi connectivity index (χ2v) is 11.7. The summed E-state index contributed by atoms with van der Waals surface area (Å²) in [5.74, 6) is -2.48. The molecule has 216 valence electrons. The van der Waals surface area contributed by atoms with Crippen LogP contribution in [0.1, 0.15) is 50.4 Å². The maximum Gasteiger partial charge on any atom is 0.260 e. The zero-order valence-corrected chi connectivity index (χ0v) is 24.2. The van der Waals surface area contributed by atoms with Crippen LogP contribution in [0.15, 0.2) is 23.1 Å². The molecule has 8 nitrogen and oxygen atoms in total. The third-order valence-corrected chi connectivity index (χ3v) is 8.33. The lowest BCUT2D eigenvalue weighted by atomic mass is 10.0. The van der Waals surface area contributed by atoms with E-state index in [0.717, 1.165) is 0 Å². The van der Waals surface area contributed by atoms with Crippen LogP contribution in [-0.4, -0.2) is 68.9 Å². The fourth-order valence-corrected chi connectivity index (χ4v) is 6.19. The van der Waals surface area contributed by atoms with Gasteiger partial charge in [0.2, 0.25) is 5.95 Å². The van der Waals surface area contributed by atoms with Crippen LogP contribution in [0.2, 0.25) is 10.0 Å². The summed E-state index contributed by atoms with van der Waals surface area (Å²) in [7, 11) is 0. The average molecular weight is 597 g/mol. The van der Waals surface area contributed by atoms with Crippen molar-refractivity contribution in [1.82, 2.24) is 19.4 Å². The SMILES string of the molecule is Cc1c(CN2CCCC(F)(F)C2)n(C(C)C)c2c(Cl)c(-c3nc(N[C@@H]4CCOC[C@H]4O)ncc3Cl)ccc2c1=O. The molecule has 2 aliphatic heterocycles. The molecule has 2 atom stereocenters. The fraction of sp³-hybridized carbons (Fsp3) is 0.536. The highest BCUT2D eigenvalue weighted by atomic mass is 35.5. The molecule has 40 heavy (non-hydrogen) atoms. The van der Waals surface area contributed by atoms with Gasteiger partial charge in [0, 0.05) is 47.8 Å². The van der Waals surface area contributed by atoms with Gasteiger partial charge in [-0.25, -0.2) is 18.7 Å². The summed E-state index contributed by atoms with van der Waals surface area (Å²) in [5, 5.41) is 14.4. The molecule has 2 N–H and O–H groups in total. The molecule has 1 aromatic carbocycles. The third kappa shape index (κ3) is 5.69. The molecule has 12 heteroatoms. The quantitative estimate of drug-likeness (QED) is 0.391. The van der Waals surface area contributed by atoms with Crippen molar-refractivity contribution in [1.29, 1.82) is 0 Å². The number of nitrogens with zero attached hydrogens (tertiary/aromatic N) is 4. The number of pyridine rings is 1. The van der Waals surface area contributed by atoms with Crippen LogP contribution < -0.4 is 10.7 Å². The molecule has 0 unspecified atom stereocenters. The number of anilines is 1. The molecule has 2 aromatic heterocycles. The van der Waals surface area contributed by atoms with E-state index in [2.05, 4.69) is 15.3 Å². The molecule has 0 bridgehead atoms. The van der Waals surface area contributed by atoms with Gasteiger partial charge in [-0.3, -0.25) is 9.69 Å². The van der Waals surface area contributed by atoms with Crippen LogP contribution in [0.5, 0.6) is 0 Å². The van der Waals surface area contributed by atoms with Crippen LogP contribution in [-0.2, 0) is 11.3 Å². The van der Waals surface area contributed by atoms with E-state index in [1.165, 1.54) is 6.20 Å². The van der Waals surface area contributed by atoms with E-state index in [-0.39, 0.29) is 59.6 Å². The van der Waals surface area contributed by atoms with E-state index in [4.69, 9.17) is 27.9 Å². The Hall–Kier alpha value is -2.37. The molecule has 0 saturated carbocycles. The second kappa shape index (κ2) is 11.5. The van der Waals surface area contributed by atoms with Crippen molar-refractivity contribution < 1.29 is 18.6 Å². The molecule has 4 heterocycles. The van der Waals surface area contributed by atoms with E-state index in [9.17, 15) is 18.7 Å². The number of aliphatic hydroxyl groups excluding tert-OH is 1. The van der Waals surface area contributed by atoms with E-state index in [0.29, 0.717) is 59.4 Å². The minimum absolute atomic E-state index is 0.122. The number of hydrogen-bond acceptors (Lipinski definition) is 7.